The number of pyridine rings is 1. The summed E-state index contributed by atoms with van der Waals surface area (Å²) in [4.78, 5) is 35.5. The van der Waals surface area contributed by atoms with Crippen LogP contribution in [0.5, 0.6) is 0 Å². The number of nitrogens with one attached hydrogen (secondary N) is 1. The summed E-state index contributed by atoms with van der Waals surface area (Å²) >= 11 is 0. The highest BCUT2D eigenvalue weighted by atomic mass is 16.5. The minimum Gasteiger partial charge on any atom is -0.460 e. The first-order chi connectivity index (χ1) is 13.6. The van der Waals surface area contributed by atoms with Crippen LogP contribution in [-0.4, -0.2) is 60.4 Å². The molecule has 0 radical (unpaired) electrons. The number of ether oxygens (including phenoxy) is 1. The third kappa shape index (κ3) is 4.47. The first-order valence-corrected chi connectivity index (χ1v) is 9.59. The fraction of sp³-hybridized carbons (Fsp3) is 0.429. The van der Waals surface area contributed by atoms with E-state index in [1.54, 1.807) is 19.2 Å². The fourth-order valence-corrected chi connectivity index (χ4v) is 3.52. The van der Waals surface area contributed by atoms with Crippen molar-refractivity contribution in [3.8, 4) is 0 Å². The van der Waals surface area contributed by atoms with Crippen molar-refractivity contribution in [2.75, 3.05) is 26.7 Å². The van der Waals surface area contributed by atoms with Gasteiger partial charge in [0.2, 0.25) is 0 Å². The molecule has 1 aromatic heterocycles. The molecule has 1 amide bonds. The van der Waals surface area contributed by atoms with E-state index in [-0.39, 0.29) is 31.1 Å². The van der Waals surface area contributed by atoms with Gasteiger partial charge >= 0.3 is 5.97 Å². The first kappa shape index (κ1) is 19.8. The maximum absolute atomic E-state index is 12.5. The summed E-state index contributed by atoms with van der Waals surface area (Å²) in [6.07, 6.45) is 9.26. The smallest absolute Gasteiger partial charge is 0.329 e. The molecule has 0 aromatic carbocycles. The van der Waals surface area contributed by atoms with Crippen molar-refractivity contribution < 1.29 is 14.3 Å². The molecule has 3 rings (SSSR count). The summed E-state index contributed by atoms with van der Waals surface area (Å²) in [5.74, 6) is 0.116. The van der Waals surface area contributed by atoms with Crippen LogP contribution in [-0.2, 0) is 9.53 Å². The van der Waals surface area contributed by atoms with Crippen molar-refractivity contribution in [2.24, 2.45) is 4.99 Å². The number of nitrogens with zero attached hydrogens (tertiary/aromatic N) is 3. The Bertz CT molecular complexity index is 907. The van der Waals surface area contributed by atoms with Gasteiger partial charge in [-0.15, -0.1) is 0 Å². The molecule has 0 saturated carbocycles. The van der Waals surface area contributed by atoms with Gasteiger partial charge in [0.25, 0.3) is 5.91 Å². The summed E-state index contributed by atoms with van der Waals surface area (Å²) < 4.78 is 5.19. The lowest BCUT2D eigenvalue weighted by atomic mass is 10.1. The van der Waals surface area contributed by atoms with Crippen molar-refractivity contribution >= 4 is 29.9 Å². The molecular formula is C21H26N4O3. The van der Waals surface area contributed by atoms with Crippen molar-refractivity contribution in [1.29, 1.82) is 0 Å². The minimum atomic E-state index is -0.373. The Morgan fingerprint density at radius 2 is 2.21 bits per heavy atom. The summed E-state index contributed by atoms with van der Waals surface area (Å²) in [5, 5.41) is 4.79. The average Bonchev–Trinajstić information content (AvgIpc) is 3.21. The molecule has 0 bridgehead atoms. The highest BCUT2D eigenvalue weighted by Gasteiger charge is 2.33. The van der Waals surface area contributed by atoms with Gasteiger partial charge in [-0.2, -0.15) is 0 Å². The standard InChI is InChI=1S/C21H26N4O3/c1-3-13-28-21(27)18-9-6-12-25(18)19(22-2)14-23-20(26)17-11-10-15-7-4-5-8-16(15)24-17/h3,7-8,10-11,18H,1,4-6,9,12-14H2,2H3,(H,23,26)/t18-/m1/s1. The predicted octanol–water partition coefficient (Wildman–Crippen LogP) is 0.388. The van der Waals surface area contributed by atoms with Crippen LogP contribution in [0.3, 0.4) is 0 Å². The van der Waals surface area contributed by atoms with Crippen molar-refractivity contribution in [1.82, 2.24) is 15.2 Å². The lowest BCUT2D eigenvalue weighted by Gasteiger charge is -2.26. The van der Waals surface area contributed by atoms with Crippen LogP contribution in [0.25, 0.3) is 12.2 Å². The first-order valence-electron chi connectivity index (χ1n) is 9.59. The number of aromatic nitrogens is 1. The van der Waals surface area contributed by atoms with E-state index in [0.717, 1.165) is 29.8 Å². The SMILES string of the molecule is C=CCOC(=O)[C@H]1CCCN1C(CNC(=O)c1ccc2c(n1)=CCCC=2)=NC. The van der Waals surface area contributed by atoms with E-state index in [0.29, 0.717) is 24.5 Å². The second-order valence-electron chi connectivity index (χ2n) is 6.75. The van der Waals surface area contributed by atoms with Gasteiger partial charge in [-0.1, -0.05) is 30.9 Å². The highest BCUT2D eigenvalue weighted by Crippen LogP contribution is 2.19. The van der Waals surface area contributed by atoms with Gasteiger partial charge in [-0.05, 0) is 37.0 Å². The van der Waals surface area contributed by atoms with Crippen LogP contribution in [0.15, 0.2) is 29.8 Å². The zero-order valence-corrected chi connectivity index (χ0v) is 16.2. The monoisotopic (exact) mass is 382 g/mol. The number of aliphatic imine (C=N–C) groups is 1. The number of amides is 1. The number of fused-ring (bicyclic) bond motifs is 1. The third-order valence-electron chi connectivity index (χ3n) is 4.92. The van der Waals surface area contributed by atoms with Crippen LogP contribution >= 0.6 is 0 Å². The second-order valence-corrected chi connectivity index (χ2v) is 6.75. The molecule has 0 unspecified atom stereocenters. The van der Waals surface area contributed by atoms with Crippen molar-refractivity contribution in [3.63, 3.8) is 0 Å². The molecule has 1 atom stereocenters. The Hall–Kier alpha value is -2.96. The molecule has 1 aromatic rings. The molecule has 2 aliphatic rings. The van der Waals surface area contributed by atoms with E-state index >= 15 is 0 Å². The fourth-order valence-electron chi connectivity index (χ4n) is 3.52. The number of esters is 1. The van der Waals surface area contributed by atoms with Crippen molar-refractivity contribution in [2.45, 2.75) is 31.7 Å². The Kier molecular flexibility index (Phi) is 6.57. The van der Waals surface area contributed by atoms with E-state index in [9.17, 15) is 9.59 Å². The Morgan fingerprint density at radius 3 is 3.00 bits per heavy atom. The normalized spacial score (nSPS) is 18.5. The topological polar surface area (TPSA) is 83.9 Å². The van der Waals surface area contributed by atoms with Gasteiger partial charge in [0, 0.05) is 13.6 Å². The van der Waals surface area contributed by atoms with Gasteiger partial charge in [0.15, 0.2) is 0 Å². The van der Waals surface area contributed by atoms with Gasteiger partial charge in [0.05, 0.1) is 11.9 Å². The van der Waals surface area contributed by atoms with Gasteiger partial charge < -0.3 is 15.0 Å². The Morgan fingerprint density at radius 1 is 1.39 bits per heavy atom. The number of rotatable bonds is 6. The molecule has 1 fully saturated rings. The number of hydrogen-bond donors (Lipinski definition) is 1. The van der Waals surface area contributed by atoms with Gasteiger partial charge in [-0.3, -0.25) is 9.79 Å². The number of amidine groups is 1. The molecule has 7 heteroatoms. The average molecular weight is 382 g/mol. The van der Waals surface area contributed by atoms with E-state index in [4.69, 9.17) is 4.74 Å². The van der Waals surface area contributed by atoms with E-state index in [1.807, 2.05) is 11.0 Å². The molecular weight excluding hydrogens is 356 g/mol. The molecule has 0 spiro atoms. The number of carbonyl (C=O) groups is 2. The number of carbonyl (C=O) groups excluding carboxylic acids is 2. The molecule has 148 valence electrons. The molecule has 1 saturated heterocycles. The van der Waals surface area contributed by atoms with Crippen LogP contribution in [0.1, 0.15) is 36.2 Å². The van der Waals surface area contributed by atoms with E-state index in [2.05, 4.69) is 34.0 Å². The maximum atomic E-state index is 12.5. The summed E-state index contributed by atoms with van der Waals surface area (Å²) in [7, 11) is 1.66. The van der Waals surface area contributed by atoms with Crippen LogP contribution in [0, 0.1) is 0 Å². The van der Waals surface area contributed by atoms with Crippen LogP contribution in [0.4, 0.5) is 0 Å². The third-order valence-corrected chi connectivity index (χ3v) is 4.92. The largest absolute Gasteiger partial charge is 0.460 e. The van der Waals surface area contributed by atoms with Gasteiger partial charge in [-0.25, -0.2) is 9.78 Å². The quantitative estimate of drug-likeness (QED) is 0.333. The maximum Gasteiger partial charge on any atom is 0.329 e. The molecule has 1 aliphatic heterocycles. The zero-order chi connectivity index (χ0) is 19.9. The van der Waals surface area contributed by atoms with Crippen molar-refractivity contribution in [3.05, 3.63) is 41.0 Å². The molecule has 7 nitrogen and oxygen atoms in total. The lowest BCUT2D eigenvalue weighted by Crippen LogP contribution is -2.46. The summed E-state index contributed by atoms with van der Waals surface area (Å²) in [6.45, 7) is 4.69. The number of hydrogen-bond acceptors (Lipinski definition) is 5. The Balaban J connectivity index is 1.64. The summed E-state index contributed by atoms with van der Waals surface area (Å²) in [5.41, 5.74) is 0.379. The van der Waals surface area contributed by atoms with Crippen LogP contribution in [0.2, 0.25) is 0 Å². The van der Waals surface area contributed by atoms with Crippen LogP contribution < -0.4 is 15.9 Å². The zero-order valence-electron chi connectivity index (χ0n) is 16.2. The molecule has 1 aliphatic carbocycles. The second kappa shape index (κ2) is 9.30. The molecule has 1 N–H and O–H groups in total. The highest BCUT2D eigenvalue weighted by molar-refractivity contribution is 5.97. The van der Waals surface area contributed by atoms with E-state index < -0.39 is 0 Å². The summed E-state index contributed by atoms with van der Waals surface area (Å²) in [6, 6.07) is 3.29. The Labute approximate surface area is 164 Å². The predicted molar refractivity (Wildman–Crippen MR) is 108 cm³/mol. The van der Waals surface area contributed by atoms with Gasteiger partial charge in [0.1, 0.15) is 24.2 Å². The van der Waals surface area contributed by atoms with E-state index in [1.165, 1.54) is 0 Å². The minimum absolute atomic E-state index is 0.191. The lowest BCUT2D eigenvalue weighted by molar-refractivity contribution is -0.146. The molecule has 2 heterocycles. The number of likely N-dealkylation sites (tertiary alicyclic amines) is 1. The molecule has 28 heavy (non-hydrogen) atoms.